The number of hydrogen-bond acceptors (Lipinski definition) is 4. The van der Waals surface area contributed by atoms with Crippen molar-refractivity contribution in [3.63, 3.8) is 0 Å². The smallest absolute Gasteiger partial charge is 0.119 e. The molecule has 2 atom stereocenters. The van der Waals surface area contributed by atoms with Gasteiger partial charge in [0, 0.05) is 30.9 Å². The van der Waals surface area contributed by atoms with Crippen LogP contribution in [0, 0.1) is 0 Å². The zero-order valence-corrected chi connectivity index (χ0v) is 13.7. The SMILES string of the molecule is COc1ccc2c(c1)C1CC(N)CCN1c1ccccc1N2C. The maximum atomic E-state index is 6.30. The molecule has 0 aliphatic carbocycles. The fourth-order valence-electron chi connectivity index (χ4n) is 3.93. The van der Waals surface area contributed by atoms with Crippen LogP contribution < -0.4 is 20.3 Å². The molecule has 0 aromatic heterocycles. The number of fused-ring (bicyclic) bond motifs is 5. The van der Waals surface area contributed by atoms with E-state index < -0.39 is 0 Å². The fourth-order valence-corrected chi connectivity index (χ4v) is 3.93. The first-order chi connectivity index (χ1) is 11.2. The highest BCUT2D eigenvalue weighted by molar-refractivity contribution is 5.82. The molecule has 4 nitrogen and oxygen atoms in total. The van der Waals surface area contributed by atoms with Gasteiger partial charge in [0.2, 0.25) is 0 Å². The number of nitrogens with zero attached hydrogens (tertiary/aromatic N) is 2. The number of hydrogen-bond donors (Lipinski definition) is 1. The van der Waals surface area contributed by atoms with Crippen molar-refractivity contribution in [3.8, 4) is 5.75 Å². The minimum atomic E-state index is 0.255. The molecule has 2 aromatic rings. The van der Waals surface area contributed by atoms with Crippen LogP contribution in [-0.4, -0.2) is 26.7 Å². The van der Waals surface area contributed by atoms with Crippen molar-refractivity contribution in [2.75, 3.05) is 30.5 Å². The number of benzene rings is 2. The average molecular weight is 309 g/mol. The van der Waals surface area contributed by atoms with E-state index in [1.165, 1.54) is 22.6 Å². The Morgan fingerprint density at radius 2 is 1.87 bits per heavy atom. The molecular weight excluding hydrogens is 286 g/mol. The minimum Gasteiger partial charge on any atom is -0.497 e. The van der Waals surface area contributed by atoms with Gasteiger partial charge in [0.1, 0.15) is 5.75 Å². The van der Waals surface area contributed by atoms with Crippen LogP contribution >= 0.6 is 0 Å². The number of nitrogens with two attached hydrogens (primary N) is 1. The predicted molar refractivity (Wildman–Crippen MR) is 94.8 cm³/mol. The zero-order valence-electron chi connectivity index (χ0n) is 13.7. The molecule has 4 heteroatoms. The fraction of sp³-hybridized carbons (Fsp3) is 0.368. The van der Waals surface area contributed by atoms with Gasteiger partial charge < -0.3 is 20.3 Å². The molecule has 2 unspecified atom stereocenters. The summed E-state index contributed by atoms with van der Waals surface area (Å²) in [7, 11) is 3.86. The van der Waals surface area contributed by atoms with Crippen molar-refractivity contribution in [2.24, 2.45) is 5.73 Å². The van der Waals surface area contributed by atoms with Gasteiger partial charge in [-0.2, -0.15) is 0 Å². The molecule has 23 heavy (non-hydrogen) atoms. The van der Waals surface area contributed by atoms with Crippen LogP contribution in [0.2, 0.25) is 0 Å². The Labute approximate surface area is 137 Å². The molecule has 0 radical (unpaired) electrons. The molecule has 2 aliphatic heterocycles. The highest BCUT2D eigenvalue weighted by Gasteiger charge is 2.34. The van der Waals surface area contributed by atoms with E-state index in [4.69, 9.17) is 10.5 Å². The largest absolute Gasteiger partial charge is 0.497 e. The molecule has 4 rings (SSSR count). The summed E-state index contributed by atoms with van der Waals surface area (Å²) in [5.74, 6) is 0.905. The zero-order chi connectivity index (χ0) is 16.0. The van der Waals surface area contributed by atoms with E-state index in [9.17, 15) is 0 Å². The van der Waals surface area contributed by atoms with E-state index in [1.54, 1.807) is 7.11 Å². The molecular formula is C19H23N3O. The highest BCUT2D eigenvalue weighted by Crippen LogP contribution is 2.48. The lowest BCUT2D eigenvalue weighted by Crippen LogP contribution is -2.41. The van der Waals surface area contributed by atoms with Gasteiger partial charge in [0.25, 0.3) is 0 Å². The van der Waals surface area contributed by atoms with E-state index in [-0.39, 0.29) is 6.04 Å². The maximum absolute atomic E-state index is 6.30. The maximum Gasteiger partial charge on any atom is 0.119 e. The van der Waals surface area contributed by atoms with Crippen molar-refractivity contribution >= 4 is 17.1 Å². The van der Waals surface area contributed by atoms with Crippen LogP contribution in [0.3, 0.4) is 0 Å². The van der Waals surface area contributed by atoms with Gasteiger partial charge in [-0.1, -0.05) is 12.1 Å². The molecule has 0 bridgehead atoms. The second kappa shape index (κ2) is 5.46. The Kier molecular flexibility index (Phi) is 3.42. The number of anilines is 3. The van der Waals surface area contributed by atoms with Crippen LogP contribution in [-0.2, 0) is 0 Å². The average Bonchev–Trinajstić information content (AvgIpc) is 2.69. The molecule has 1 fully saturated rings. The molecule has 2 N–H and O–H groups in total. The van der Waals surface area contributed by atoms with Gasteiger partial charge in [0.15, 0.2) is 0 Å². The number of rotatable bonds is 1. The highest BCUT2D eigenvalue weighted by atomic mass is 16.5. The topological polar surface area (TPSA) is 41.7 Å². The Bertz CT molecular complexity index is 730. The first kappa shape index (κ1) is 14.4. The van der Waals surface area contributed by atoms with Crippen LogP contribution in [0.5, 0.6) is 5.75 Å². The summed E-state index contributed by atoms with van der Waals surface area (Å²) in [5.41, 5.74) is 11.4. The predicted octanol–water partition coefficient (Wildman–Crippen LogP) is 3.45. The summed E-state index contributed by atoms with van der Waals surface area (Å²) in [6, 6.07) is 15.6. The summed E-state index contributed by atoms with van der Waals surface area (Å²) in [6.45, 7) is 0.993. The van der Waals surface area contributed by atoms with E-state index in [2.05, 4.69) is 53.2 Å². The van der Waals surface area contributed by atoms with Gasteiger partial charge >= 0.3 is 0 Å². The molecule has 120 valence electrons. The van der Waals surface area contributed by atoms with Crippen molar-refractivity contribution in [3.05, 3.63) is 48.0 Å². The normalized spacial score (nSPS) is 22.7. The Hall–Kier alpha value is -2.20. The second-order valence-corrected chi connectivity index (χ2v) is 6.47. The summed E-state index contributed by atoms with van der Waals surface area (Å²) in [5, 5.41) is 0. The van der Waals surface area contributed by atoms with Gasteiger partial charge in [-0.25, -0.2) is 0 Å². The van der Waals surface area contributed by atoms with Crippen molar-refractivity contribution in [1.82, 2.24) is 0 Å². The monoisotopic (exact) mass is 309 g/mol. The first-order valence-electron chi connectivity index (χ1n) is 8.22. The third-order valence-electron chi connectivity index (χ3n) is 5.15. The van der Waals surface area contributed by atoms with Crippen LogP contribution in [0.25, 0.3) is 0 Å². The number of ether oxygens (including phenoxy) is 1. The number of para-hydroxylation sites is 2. The van der Waals surface area contributed by atoms with Gasteiger partial charge in [-0.15, -0.1) is 0 Å². The van der Waals surface area contributed by atoms with E-state index in [0.29, 0.717) is 6.04 Å². The quantitative estimate of drug-likeness (QED) is 0.876. The molecule has 0 amide bonds. The van der Waals surface area contributed by atoms with Crippen molar-refractivity contribution in [2.45, 2.75) is 24.9 Å². The summed E-state index contributed by atoms with van der Waals surface area (Å²) in [6.07, 6.45) is 2.01. The molecule has 2 aromatic carbocycles. The van der Waals surface area contributed by atoms with Crippen LogP contribution in [0.15, 0.2) is 42.5 Å². The number of piperidine rings is 1. The minimum absolute atomic E-state index is 0.255. The van der Waals surface area contributed by atoms with Crippen LogP contribution in [0.4, 0.5) is 17.1 Å². The summed E-state index contributed by atoms with van der Waals surface area (Å²) < 4.78 is 5.47. The summed E-state index contributed by atoms with van der Waals surface area (Å²) in [4.78, 5) is 4.80. The molecule has 2 aliphatic rings. The Morgan fingerprint density at radius 3 is 2.65 bits per heavy atom. The standard InChI is InChI=1S/C19H23N3O/c1-21-16-8-7-14(23-2)12-15(16)19-11-13(20)9-10-22(19)18-6-4-3-5-17(18)21/h3-8,12-13,19H,9-11,20H2,1-2H3. The van der Waals surface area contributed by atoms with Gasteiger partial charge in [-0.05, 0) is 43.2 Å². The lowest BCUT2D eigenvalue weighted by atomic mass is 9.91. The van der Waals surface area contributed by atoms with E-state index in [0.717, 1.165) is 25.1 Å². The third-order valence-corrected chi connectivity index (χ3v) is 5.15. The molecule has 0 spiro atoms. The van der Waals surface area contributed by atoms with Gasteiger partial charge in [0.05, 0.1) is 24.5 Å². The summed E-state index contributed by atoms with van der Waals surface area (Å²) >= 11 is 0. The molecule has 1 saturated heterocycles. The van der Waals surface area contributed by atoms with Crippen molar-refractivity contribution in [1.29, 1.82) is 0 Å². The second-order valence-electron chi connectivity index (χ2n) is 6.47. The van der Waals surface area contributed by atoms with Gasteiger partial charge in [-0.3, -0.25) is 0 Å². The lowest BCUT2D eigenvalue weighted by Gasteiger charge is -2.39. The third kappa shape index (κ3) is 2.25. The Morgan fingerprint density at radius 1 is 1.09 bits per heavy atom. The van der Waals surface area contributed by atoms with E-state index in [1.807, 2.05) is 6.07 Å². The van der Waals surface area contributed by atoms with Crippen molar-refractivity contribution < 1.29 is 4.74 Å². The van der Waals surface area contributed by atoms with E-state index >= 15 is 0 Å². The molecule has 2 heterocycles. The Balaban J connectivity index is 1.94. The number of methoxy groups -OCH3 is 1. The first-order valence-corrected chi connectivity index (χ1v) is 8.22. The van der Waals surface area contributed by atoms with Crippen LogP contribution in [0.1, 0.15) is 24.4 Å². The lowest BCUT2D eigenvalue weighted by molar-refractivity contribution is 0.406. The molecule has 0 saturated carbocycles.